The summed E-state index contributed by atoms with van der Waals surface area (Å²) in [6.07, 6.45) is 1.81. The fraction of sp³-hybridized carbons (Fsp3) is 0.400. The zero-order chi connectivity index (χ0) is 10.3. The first kappa shape index (κ1) is 10.1. The van der Waals surface area contributed by atoms with Gasteiger partial charge in [0, 0.05) is 16.6 Å². The summed E-state index contributed by atoms with van der Waals surface area (Å²) in [5.41, 5.74) is 8.02. The van der Waals surface area contributed by atoms with Crippen LogP contribution in [-0.4, -0.2) is 7.11 Å². The lowest BCUT2D eigenvalue weighted by atomic mass is 10.1. The monoisotopic (exact) mass is 231 g/mol. The minimum Gasteiger partial charge on any atom is -0.495 e. The van der Waals surface area contributed by atoms with Crippen LogP contribution in [0.15, 0.2) is 6.07 Å². The minimum absolute atomic E-state index is 0.00356. The van der Waals surface area contributed by atoms with Crippen LogP contribution in [0.5, 0.6) is 5.75 Å². The Bertz CT molecular complexity index is 379. The molecule has 0 fully saturated rings. The molecule has 1 atom stereocenters. The molecule has 0 spiro atoms. The number of hydrogen-bond acceptors (Lipinski definition) is 2. The van der Waals surface area contributed by atoms with Crippen LogP contribution in [-0.2, 0) is 6.42 Å². The van der Waals surface area contributed by atoms with Gasteiger partial charge in [0.2, 0.25) is 0 Å². The lowest BCUT2D eigenvalue weighted by molar-refractivity contribution is 0.407. The number of hydrogen-bond donors (Lipinski definition) is 1. The molecule has 0 aromatic heterocycles. The van der Waals surface area contributed by atoms with Crippen molar-refractivity contribution in [3.63, 3.8) is 0 Å². The summed E-state index contributed by atoms with van der Waals surface area (Å²) in [4.78, 5) is 0. The first-order valence-corrected chi connectivity index (χ1v) is 5.21. The van der Waals surface area contributed by atoms with Gasteiger partial charge < -0.3 is 10.5 Å². The predicted octanol–water partition coefficient (Wildman–Crippen LogP) is 2.95. The lowest BCUT2D eigenvalue weighted by Crippen LogP contribution is -2.07. The van der Waals surface area contributed by atoms with Gasteiger partial charge in [-0.1, -0.05) is 23.2 Å². The molecule has 1 aromatic carbocycles. The Kier molecular flexibility index (Phi) is 2.60. The maximum absolute atomic E-state index is 6.07. The second-order valence-electron chi connectivity index (χ2n) is 3.41. The smallest absolute Gasteiger partial charge is 0.142 e. The van der Waals surface area contributed by atoms with Gasteiger partial charge in [-0.2, -0.15) is 0 Å². The van der Waals surface area contributed by atoms with Crippen molar-refractivity contribution in [1.82, 2.24) is 0 Å². The zero-order valence-electron chi connectivity index (χ0n) is 7.81. The molecule has 1 aliphatic carbocycles. The van der Waals surface area contributed by atoms with Gasteiger partial charge in [0.1, 0.15) is 5.75 Å². The summed E-state index contributed by atoms with van der Waals surface area (Å²) in [6, 6.07) is 1.72. The van der Waals surface area contributed by atoms with Crippen LogP contribution in [0.4, 0.5) is 0 Å². The van der Waals surface area contributed by atoms with E-state index in [0.29, 0.717) is 15.8 Å². The van der Waals surface area contributed by atoms with Gasteiger partial charge >= 0.3 is 0 Å². The molecule has 2 rings (SSSR count). The number of ether oxygens (including phenoxy) is 1. The summed E-state index contributed by atoms with van der Waals surface area (Å²) in [7, 11) is 1.60. The highest BCUT2D eigenvalue weighted by Crippen LogP contribution is 2.44. The average Bonchev–Trinajstić information content (AvgIpc) is 2.50. The van der Waals surface area contributed by atoms with Gasteiger partial charge in [-0.3, -0.25) is 0 Å². The molecular formula is C10H11Cl2NO. The number of rotatable bonds is 1. The molecule has 14 heavy (non-hydrogen) atoms. The van der Waals surface area contributed by atoms with Crippen molar-refractivity contribution in [2.45, 2.75) is 18.9 Å². The van der Waals surface area contributed by atoms with Crippen molar-refractivity contribution in [3.05, 3.63) is 27.2 Å². The second-order valence-corrected chi connectivity index (χ2v) is 4.23. The van der Waals surface area contributed by atoms with Gasteiger partial charge in [0.05, 0.1) is 12.1 Å². The highest BCUT2D eigenvalue weighted by molar-refractivity contribution is 6.36. The summed E-state index contributed by atoms with van der Waals surface area (Å²) < 4.78 is 5.24. The molecule has 0 saturated carbocycles. The van der Waals surface area contributed by atoms with Crippen molar-refractivity contribution in [2.75, 3.05) is 7.11 Å². The highest BCUT2D eigenvalue weighted by Gasteiger charge is 2.27. The van der Waals surface area contributed by atoms with Crippen molar-refractivity contribution in [2.24, 2.45) is 5.73 Å². The number of methoxy groups -OCH3 is 1. The quantitative estimate of drug-likeness (QED) is 0.807. The fourth-order valence-corrected chi connectivity index (χ4v) is 2.61. The van der Waals surface area contributed by atoms with Crippen LogP contribution in [0.3, 0.4) is 0 Å². The van der Waals surface area contributed by atoms with Gasteiger partial charge in [0.25, 0.3) is 0 Å². The van der Waals surface area contributed by atoms with E-state index < -0.39 is 0 Å². The third kappa shape index (κ3) is 1.38. The van der Waals surface area contributed by atoms with Crippen molar-refractivity contribution >= 4 is 23.2 Å². The molecule has 0 saturated heterocycles. The van der Waals surface area contributed by atoms with E-state index in [4.69, 9.17) is 33.7 Å². The van der Waals surface area contributed by atoms with Crippen LogP contribution in [0.25, 0.3) is 0 Å². The molecule has 0 heterocycles. The predicted molar refractivity (Wildman–Crippen MR) is 58.3 cm³/mol. The third-order valence-corrected chi connectivity index (χ3v) is 3.23. The Morgan fingerprint density at radius 2 is 2.14 bits per heavy atom. The van der Waals surface area contributed by atoms with Crippen LogP contribution in [0, 0.1) is 0 Å². The molecule has 1 aliphatic rings. The lowest BCUT2D eigenvalue weighted by Gasteiger charge is -2.13. The van der Waals surface area contributed by atoms with Crippen LogP contribution >= 0.6 is 23.2 Å². The molecule has 0 radical (unpaired) electrons. The molecule has 2 N–H and O–H groups in total. The third-order valence-electron chi connectivity index (χ3n) is 2.61. The number of benzene rings is 1. The van der Waals surface area contributed by atoms with E-state index in [2.05, 4.69) is 0 Å². The van der Waals surface area contributed by atoms with Gasteiger partial charge in [-0.05, 0) is 24.5 Å². The van der Waals surface area contributed by atoms with E-state index in [-0.39, 0.29) is 6.04 Å². The molecule has 1 unspecified atom stereocenters. The van der Waals surface area contributed by atoms with Crippen LogP contribution in [0.1, 0.15) is 23.6 Å². The van der Waals surface area contributed by atoms with Crippen molar-refractivity contribution < 1.29 is 4.74 Å². The van der Waals surface area contributed by atoms with Gasteiger partial charge in [-0.25, -0.2) is 0 Å². The Hall–Kier alpha value is -0.440. The Labute approximate surface area is 92.9 Å². The van der Waals surface area contributed by atoms with E-state index in [9.17, 15) is 0 Å². The average molecular weight is 232 g/mol. The molecule has 0 bridgehead atoms. The Balaban J connectivity index is 2.68. The first-order valence-electron chi connectivity index (χ1n) is 4.45. The number of fused-ring (bicyclic) bond motifs is 1. The topological polar surface area (TPSA) is 35.2 Å². The van der Waals surface area contributed by atoms with Crippen LogP contribution in [0.2, 0.25) is 10.0 Å². The van der Waals surface area contributed by atoms with E-state index in [0.717, 1.165) is 24.0 Å². The molecular weight excluding hydrogens is 221 g/mol. The van der Waals surface area contributed by atoms with Crippen molar-refractivity contribution in [3.8, 4) is 5.75 Å². The molecule has 2 nitrogen and oxygen atoms in total. The van der Waals surface area contributed by atoms with E-state index in [1.54, 1.807) is 13.2 Å². The number of nitrogens with two attached hydrogens (primary N) is 1. The minimum atomic E-state index is -0.00356. The molecule has 76 valence electrons. The summed E-state index contributed by atoms with van der Waals surface area (Å²) in [5.74, 6) is 0.677. The number of halogens is 2. The summed E-state index contributed by atoms with van der Waals surface area (Å²) in [5, 5.41) is 1.23. The molecule has 1 aromatic rings. The first-order chi connectivity index (χ1) is 6.65. The van der Waals surface area contributed by atoms with Gasteiger partial charge in [-0.15, -0.1) is 0 Å². The normalized spacial score (nSPS) is 19.6. The zero-order valence-corrected chi connectivity index (χ0v) is 9.32. The SMILES string of the molecule is COc1c(Cl)cc(Cl)c2c1C(N)CC2. The van der Waals surface area contributed by atoms with Crippen molar-refractivity contribution in [1.29, 1.82) is 0 Å². The molecule has 0 amide bonds. The second kappa shape index (κ2) is 3.61. The summed E-state index contributed by atoms with van der Waals surface area (Å²) >= 11 is 12.1. The van der Waals surface area contributed by atoms with E-state index in [1.165, 1.54) is 0 Å². The summed E-state index contributed by atoms with van der Waals surface area (Å²) in [6.45, 7) is 0. The highest BCUT2D eigenvalue weighted by atomic mass is 35.5. The standard InChI is InChI=1S/C10H11Cl2NO/c1-14-10-7(12)4-6(11)5-2-3-8(13)9(5)10/h4,8H,2-3,13H2,1H3. The van der Waals surface area contributed by atoms with E-state index in [1.807, 2.05) is 0 Å². The van der Waals surface area contributed by atoms with E-state index >= 15 is 0 Å². The largest absolute Gasteiger partial charge is 0.495 e. The Morgan fingerprint density at radius 1 is 1.43 bits per heavy atom. The Morgan fingerprint density at radius 3 is 2.79 bits per heavy atom. The van der Waals surface area contributed by atoms with Gasteiger partial charge in [0.15, 0.2) is 0 Å². The maximum atomic E-state index is 6.07. The molecule has 0 aliphatic heterocycles. The van der Waals surface area contributed by atoms with Crippen LogP contribution < -0.4 is 10.5 Å². The molecule has 4 heteroatoms. The fourth-order valence-electron chi connectivity index (χ4n) is 1.96. The maximum Gasteiger partial charge on any atom is 0.142 e.